The van der Waals surface area contributed by atoms with Crippen LogP contribution in [0.2, 0.25) is 0 Å². The molecule has 2 aromatic rings. The van der Waals surface area contributed by atoms with E-state index in [-0.39, 0.29) is 5.41 Å². The molecule has 0 radical (unpaired) electrons. The van der Waals surface area contributed by atoms with E-state index in [1.807, 2.05) is 6.20 Å². The highest BCUT2D eigenvalue weighted by Crippen LogP contribution is 2.35. The molecule has 0 unspecified atom stereocenters. The van der Waals surface area contributed by atoms with Crippen LogP contribution in [0.15, 0.2) is 30.5 Å². The molecule has 1 aliphatic rings. The standard InChI is InChI=1S/C14H17BrN2O/c15-10-14(5-7-18-8-6-14)11-17-13-4-2-1-3-12(13)9-16-17/h1-4,9H,5-8,10-11H2. The molecular weight excluding hydrogens is 292 g/mol. The second-order valence-corrected chi connectivity index (χ2v) is 5.67. The summed E-state index contributed by atoms with van der Waals surface area (Å²) in [5, 5.41) is 6.77. The Morgan fingerprint density at radius 1 is 1.28 bits per heavy atom. The zero-order valence-electron chi connectivity index (χ0n) is 10.3. The average Bonchev–Trinajstić information content (AvgIpc) is 2.83. The summed E-state index contributed by atoms with van der Waals surface area (Å²) in [5.41, 5.74) is 1.51. The van der Waals surface area contributed by atoms with E-state index in [1.165, 1.54) is 10.9 Å². The third-order valence-electron chi connectivity index (χ3n) is 3.87. The molecule has 0 amide bonds. The van der Waals surface area contributed by atoms with E-state index in [9.17, 15) is 0 Å². The zero-order valence-corrected chi connectivity index (χ0v) is 11.9. The first kappa shape index (κ1) is 12.2. The van der Waals surface area contributed by atoms with Crippen LogP contribution in [-0.2, 0) is 11.3 Å². The molecule has 0 saturated carbocycles. The number of nitrogens with zero attached hydrogens (tertiary/aromatic N) is 2. The SMILES string of the molecule is BrCC1(Cn2ncc3ccccc32)CCOCC1. The molecular formula is C14H17BrN2O. The van der Waals surface area contributed by atoms with E-state index >= 15 is 0 Å². The lowest BCUT2D eigenvalue weighted by Gasteiger charge is -2.35. The Morgan fingerprint density at radius 3 is 2.83 bits per heavy atom. The van der Waals surface area contributed by atoms with Crippen molar-refractivity contribution in [3.05, 3.63) is 30.5 Å². The van der Waals surface area contributed by atoms with Gasteiger partial charge < -0.3 is 4.74 Å². The Labute approximate surface area is 115 Å². The lowest BCUT2D eigenvalue weighted by atomic mass is 9.82. The number of hydrogen-bond acceptors (Lipinski definition) is 2. The fourth-order valence-electron chi connectivity index (χ4n) is 2.61. The first-order valence-corrected chi connectivity index (χ1v) is 7.49. The van der Waals surface area contributed by atoms with E-state index in [1.54, 1.807) is 0 Å². The summed E-state index contributed by atoms with van der Waals surface area (Å²) in [5.74, 6) is 0. The number of hydrogen-bond donors (Lipinski definition) is 0. The summed E-state index contributed by atoms with van der Waals surface area (Å²) in [6, 6.07) is 8.39. The van der Waals surface area contributed by atoms with Gasteiger partial charge in [0.15, 0.2) is 0 Å². The molecule has 96 valence electrons. The van der Waals surface area contributed by atoms with Crippen LogP contribution in [0, 0.1) is 5.41 Å². The molecule has 4 heteroatoms. The number of halogens is 1. The Kier molecular flexibility index (Phi) is 3.39. The van der Waals surface area contributed by atoms with Gasteiger partial charge in [0.05, 0.1) is 11.7 Å². The second-order valence-electron chi connectivity index (χ2n) is 5.11. The van der Waals surface area contributed by atoms with Gasteiger partial charge in [0.2, 0.25) is 0 Å². The summed E-state index contributed by atoms with van der Waals surface area (Å²) >= 11 is 3.68. The van der Waals surface area contributed by atoms with E-state index < -0.39 is 0 Å². The van der Waals surface area contributed by atoms with Crippen molar-refractivity contribution in [2.75, 3.05) is 18.5 Å². The molecule has 0 atom stereocenters. The summed E-state index contributed by atoms with van der Waals surface area (Å²) < 4.78 is 7.62. The minimum atomic E-state index is 0.285. The first-order chi connectivity index (χ1) is 8.83. The Bertz CT molecular complexity index is 531. The van der Waals surface area contributed by atoms with Crippen LogP contribution in [0.3, 0.4) is 0 Å². The van der Waals surface area contributed by atoms with Gasteiger partial charge in [-0.1, -0.05) is 34.1 Å². The molecule has 1 fully saturated rings. The van der Waals surface area contributed by atoms with Crippen LogP contribution in [0.25, 0.3) is 10.9 Å². The summed E-state index contributed by atoms with van der Waals surface area (Å²) in [6.07, 6.45) is 4.16. The number of benzene rings is 1. The van der Waals surface area contributed by atoms with Crippen LogP contribution in [0.1, 0.15) is 12.8 Å². The largest absolute Gasteiger partial charge is 0.381 e. The summed E-state index contributed by atoms with van der Waals surface area (Å²) in [7, 11) is 0. The van der Waals surface area contributed by atoms with E-state index in [2.05, 4.69) is 50.0 Å². The van der Waals surface area contributed by atoms with Gasteiger partial charge >= 0.3 is 0 Å². The highest BCUT2D eigenvalue weighted by atomic mass is 79.9. The van der Waals surface area contributed by atoms with Crippen LogP contribution in [-0.4, -0.2) is 28.3 Å². The molecule has 1 aromatic heterocycles. The van der Waals surface area contributed by atoms with Gasteiger partial charge in [-0.15, -0.1) is 0 Å². The third-order valence-corrected chi connectivity index (χ3v) is 5.06. The molecule has 0 N–H and O–H groups in total. The van der Waals surface area contributed by atoms with Crippen LogP contribution in [0.5, 0.6) is 0 Å². The van der Waals surface area contributed by atoms with Crippen molar-refractivity contribution in [1.82, 2.24) is 9.78 Å². The van der Waals surface area contributed by atoms with Crippen molar-refractivity contribution in [2.45, 2.75) is 19.4 Å². The molecule has 0 aliphatic carbocycles. The van der Waals surface area contributed by atoms with Crippen molar-refractivity contribution in [3.8, 4) is 0 Å². The van der Waals surface area contributed by atoms with E-state index in [0.29, 0.717) is 0 Å². The van der Waals surface area contributed by atoms with Gasteiger partial charge in [0.25, 0.3) is 0 Å². The minimum absolute atomic E-state index is 0.285. The maximum absolute atomic E-state index is 5.48. The predicted molar refractivity (Wildman–Crippen MR) is 76.0 cm³/mol. The molecule has 1 aliphatic heterocycles. The molecule has 3 nitrogen and oxygen atoms in total. The fraction of sp³-hybridized carbons (Fsp3) is 0.500. The Morgan fingerprint density at radius 2 is 2.06 bits per heavy atom. The van der Waals surface area contributed by atoms with Crippen molar-refractivity contribution in [1.29, 1.82) is 0 Å². The summed E-state index contributed by atoms with van der Waals surface area (Å²) in [6.45, 7) is 2.70. The van der Waals surface area contributed by atoms with Crippen molar-refractivity contribution >= 4 is 26.8 Å². The molecule has 2 heterocycles. The van der Waals surface area contributed by atoms with E-state index in [0.717, 1.165) is 37.9 Å². The van der Waals surface area contributed by atoms with Gasteiger partial charge in [-0.2, -0.15) is 5.10 Å². The smallest absolute Gasteiger partial charge is 0.0682 e. The topological polar surface area (TPSA) is 27.1 Å². The number of para-hydroxylation sites is 1. The van der Waals surface area contributed by atoms with Crippen LogP contribution < -0.4 is 0 Å². The van der Waals surface area contributed by atoms with Gasteiger partial charge in [0.1, 0.15) is 0 Å². The molecule has 18 heavy (non-hydrogen) atoms. The second kappa shape index (κ2) is 5.02. The Hall–Kier alpha value is -0.870. The molecule has 1 saturated heterocycles. The van der Waals surface area contributed by atoms with Crippen LogP contribution >= 0.6 is 15.9 Å². The average molecular weight is 309 g/mol. The van der Waals surface area contributed by atoms with Gasteiger partial charge in [0, 0.05) is 35.9 Å². The van der Waals surface area contributed by atoms with Crippen molar-refractivity contribution < 1.29 is 4.74 Å². The highest BCUT2D eigenvalue weighted by molar-refractivity contribution is 9.09. The first-order valence-electron chi connectivity index (χ1n) is 6.37. The normalized spacial score (nSPS) is 19.2. The maximum Gasteiger partial charge on any atom is 0.0682 e. The number of rotatable bonds is 3. The number of alkyl halides is 1. The summed E-state index contributed by atoms with van der Waals surface area (Å²) in [4.78, 5) is 0. The molecule has 0 spiro atoms. The van der Waals surface area contributed by atoms with Gasteiger partial charge in [-0.05, 0) is 18.9 Å². The molecule has 1 aromatic carbocycles. The molecule has 3 rings (SSSR count). The lowest BCUT2D eigenvalue weighted by Crippen LogP contribution is -2.35. The molecule has 0 bridgehead atoms. The predicted octanol–water partition coefficient (Wildman–Crippen LogP) is 3.23. The Balaban J connectivity index is 1.90. The fourth-order valence-corrected chi connectivity index (χ4v) is 3.35. The number of ether oxygens (including phenoxy) is 1. The monoisotopic (exact) mass is 308 g/mol. The number of fused-ring (bicyclic) bond motifs is 1. The maximum atomic E-state index is 5.48. The van der Waals surface area contributed by atoms with Crippen molar-refractivity contribution in [2.24, 2.45) is 5.41 Å². The quantitative estimate of drug-likeness (QED) is 0.814. The number of aromatic nitrogens is 2. The van der Waals surface area contributed by atoms with Crippen LogP contribution in [0.4, 0.5) is 0 Å². The zero-order chi connectivity index (χ0) is 12.4. The van der Waals surface area contributed by atoms with E-state index in [4.69, 9.17) is 4.74 Å². The minimum Gasteiger partial charge on any atom is -0.381 e. The van der Waals surface area contributed by atoms with Gasteiger partial charge in [-0.3, -0.25) is 4.68 Å². The van der Waals surface area contributed by atoms with Crippen molar-refractivity contribution in [3.63, 3.8) is 0 Å². The highest BCUT2D eigenvalue weighted by Gasteiger charge is 2.32. The third kappa shape index (κ3) is 2.19. The van der Waals surface area contributed by atoms with Gasteiger partial charge in [-0.25, -0.2) is 0 Å². The lowest BCUT2D eigenvalue weighted by molar-refractivity contribution is 0.0176.